The predicted molar refractivity (Wildman–Crippen MR) is 52.8 cm³/mol. The van der Waals surface area contributed by atoms with Crippen LogP contribution in [0.15, 0.2) is 0 Å². The minimum Gasteiger partial charge on any atom is -0.371 e. The highest BCUT2D eigenvalue weighted by atomic mass is 16.5. The summed E-state index contributed by atoms with van der Waals surface area (Å²) in [6.07, 6.45) is 0.782. The van der Waals surface area contributed by atoms with Crippen molar-refractivity contribution in [1.82, 2.24) is 10.2 Å². The van der Waals surface area contributed by atoms with Gasteiger partial charge in [0.15, 0.2) is 0 Å². The lowest BCUT2D eigenvalue weighted by atomic mass is 10.1. The van der Waals surface area contributed by atoms with Crippen molar-refractivity contribution in [2.45, 2.75) is 45.1 Å². The van der Waals surface area contributed by atoms with Crippen molar-refractivity contribution in [3.63, 3.8) is 0 Å². The molecule has 3 nitrogen and oxygen atoms in total. The highest BCUT2D eigenvalue weighted by Gasteiger charge is 2.39. The van der Waals surface area contributed by atoms with Gasteiger partial charge in [0.05, 0.1) is 12.2 Å². The van der Waals surface area contributed by atoms with Crippen LogP contribution in [0.25, 0.3) is 0 Å². The quantitative estimate of drug-likeness (QED) is 0.640. The van der Waals surface area contributed by atoms with Crippen LogP contribution in [0.5, 0.6) is 0 Å². The van der Waals surface area contributed by atoms with Gasteiger partial charge in [0.1, 0.15) is 0 Å². The van der Waals surface area contributed by atoms with E-state index in [-0.39, 0.29) is 0 Å². The fraction of sp³-hybridized carbons (Fsp3) is 1.00. The molecule has 0 aromatic rings. The van der Waals surface area contributed by atoms with Gasteiger partial charge in [-0.25, -0.2) is 0 Å². The monoisotopic (exact) mass is 184 g/mol. The summed E-state index contributed by atoms with van der Waals surface area (Å²) in [5.41, 5.74) is 0. The van der Waals surface area contributed by atoms with Crippen LogP contribution in [0.1, 0.15) is 20.8 Å². The van der Waals surface area contributed by atoms with Gasteiger partial charge in [0, 0.05) is 25.2 Å². The van der Waals surface area contributed by atoms with Crippen LogP contribution in [0.3, 0.4) is 0 Å². The van der Waals surface area contributed by atoms with E-state index in [9.17, 15) is 0 Å². The Labute approximate surface area is 80.4 Å². The number of fused-ring (bicyclic) bond motifs is 1. The molecule has 3 heteroatoms. The molecule has 0 aliphatic carbocycles. The van der Waals surface area contributed by atoms with Gasteiger partial charge in [-0.2, -0.15) is 0 Å². The van der Waals surface area contributed by atoms with Crippen molar-refractivity contribution < 1.29 is 4.74 Å². The smallest absolute Gasteiger partial charge is 0.0871 e. The van der Waals surface area contributed by atoms with Crippen LogP contribution < -0.4 is 5.32 Å². The number of ether oxygens (including phenoxy) is 1. The SMILES string of the molecule is CCN1CC2NC(C)C(C)OC2C1. The van der Waals surface area contributed by atoms with E-state index in [2.05, 4.69) is 31.0 Å². The lowest BCUT2D eigenvalue weighted by Crippen LogP contribution is -2.56. The maximum absolute atomic E-state index is 5.95. The Kier molecular flexibility index (Phi) is 2.58. The van der Waals surface area contributed by atoms with Crippen LogP contribution in [0.4, 0.5) is 0 Å². The third-order valence-corrected chi connectivity index (χ3v) is 3.36. The van der Waals surface area contributed by atoms with Crippen LogP contribution in [-0.4, -0.2) is 48.8 Å². The third-order valence-electron chi connectivity index (χ3n) is 3.36. The normalized spacial score (nSPS) is 46.4. The molecule has 0 saturated carbocycles. The summed E-state index contributed by atoms with van der Waals surface area (Å²) in [5, 5.41) is 3.63. The highest BCUT2D eigenvalue weighted by Crippen LogP contribution is 2.21. The average Bonchev–Trinajstić information content (AvgIpc) is 2.48. The van der Waals surface area contributed by atoms with Crippen LogP contribution in [0, 0.1) is 0 Å². The Morgan fingerprint density at radius 2 is 2.15 bits per heavy atom. The molecular weight excluding hydrogens is 164 g/mol. The van der Waals surface area contributed by atoms with Gasteiger partial charge < -0.3 is 10.1 Å². The Bertz CT molecular complexity index is 168. The molecule has 0 aromatic carbocycles. The summed E-state index contributed by atoms with van der Waals surface area (Å²) in [6.45, 7) is 9.96. The van der Waals surface area contributed by atoms with Gasteiger partial charge in [0.2, 0.25) is 0 Å². The molecule has 0 radical (unpaired) electrons. The Hall–Kier alpha value is -0.120. The first-order valence-electron chi connectivity index (χ1n) is 5.34. The maximum Gasteiger partial charge on any atom is 0.0871 e. The minimum atomic E-state index is 0.359. The first-order chi connectivity index (χ1) is 6.20. The van der Waals surface area contributed by atoms with Crippen molar-refractivity contribution >= 4 is 0 Å². The zero-order valence-electron chi connectivity index (χ0n) is 8.79. The van der Waals surface area contributed by atoms with Gasteiger partial charge >= 0.3 is 0 Å². The molecular formula is C10H20N2O. The zero-order chi connectivity index (χ0) is 9.42. The second-order valence-electron chi connectivity index (χ2n) is 4.29. The molecule has 0 spiro atoms. The van der Waals surface area contributed by atoms with Crippen LogP contribution in [0.2, 0.25) is 0 Å². The van der Waals surface area contributed by atoms with E-state index in [0.717, 1.165) is 19.6 Å². The van der Waals surface area contributed by atoms with E-state index in [1.807, 2.05) is 0 Å². The molecule has 2 heterocycles. The van der Waals surface area contributed by atoms with Crippen molar-refractivity contribution in [2.24, 2.45) is 0 Å². The second kappa shape index (κ2) is 3.56. The van der Waals surface area contributed by atoms with Crippen molar-refractivity contribution in [1.29, 1.82) is 0 Å². The molecule has 4 atom stereocenters. The molecule has 2 fully saturated rings. The van der Waals surface area contributed by atoms with E-state index in [1.54, 1.807) is 0 Å². The Morgan fingerprint density at radius 3 is 2.85 bits per heavy atom. The van der Waals surface area contributed by atoms with Crippen molar-refractivity contribution in [2.75, 3.05) is 19.6 Å². The van der Waals surface area contributed by atoms with Crippen molar-refractivity contribution in [3.8, 4) is 0 Å². The molecule has 1 N–H and O–H groups in total. The number of rotatable bonds is 1. The predicted octanol–water partition coefficient (Wildman–Crippen LogP) is 0.456. The summed E-state index contributed by atoms with van der Waals surface area (Å²) in [4.78, 5) is 2.45. The van der Waals surface area contributed by atoms with E-state index >= 15 is 0 Å². The molecule has 2 rings (SSSR count). The summed E-state index contributed by atoms with van der Waals surface area (Å²) in [6, 6.07) is 1.06. The van der Waals surface area contributed by atoms with Crippen LogP contribution >= 0.6 is 0 Å². The fourth-order valence-corrected chi connectivity index (χ4v) is 2.27. The number of hydrogen-bond acceptors (Lipinski definition) is 3. The van der Waals surface area contributed by atoms with Crippen LogP contribution in [-0.2, 0) is 4.74 Å². The van der Waals surface area contributed by atoms with Gasteiger partial charge in [0.25, 0.3) is 0 Å². The van der Waals surface area contributed by atoms with Gasteiger partial charge in [-0.3, -0.25) is 4.90 Å². The topological polar surface area (TPSA) is 24.5 Å². The van der Waals surface area contributed by atoms with Crippen molar-refractivity contribution in [3.05, 3.63) is 0 Å². The van der Waals surface area contributed by atoms with Gasteiger partial charge in [-0.05, 0) is 20.4 Å². The minimum absolute atomic E-state index is 0.359. The number of likely N-dealkylation sites (N-methyl/N-ethyl adjacent to an activating group) is 1. The zero-order valence-corrected chi connectivity index (χ0v) is 8.79. The highest BCUT2D eigenvalue weighted by molar-refractivity contribution is 4.96. The average molecular weight is 184 g/mol. The standard InChI is InChI=1S/C10H20N2O/c1-4-12-5-9-10(6-12)13-8(3)7(2)11-9/h7-11H,4-6H2,1-3H3. The molecule has 0 amide bonds. The molecule has 2 aliphatic heterocycles. The summed E-state index contributed by atoms with van der Waals surface area (Å²) in [5.74, 6) is 0. The van der Waals surface area contributed by atoms with E-state index in [1.165, 1.54) is 0 Å². The first kappa shape index (κ1) is 9.44. The lowest BCUT2D eigenvalue weighted by molar-refractivity contribution is -0.0578. The maximum atomic E-state index is 5.95. The van der Waals surface area contributed by atoms with E-state index in [4.69, 9.17) is 4.74 Å². The molecule has 2 saturated heterocycles. The van der Waals surface area contributed by atoms with Gasteiger partial charge in [-0.15, -0.1) is 0 Å². The molecule has 13 heavy (non-hydrogen) atoms. The van der Waals surface area contributed by atoms with E-state index in [0.29, 0.717) is 24.3 Å². The fourth-order valence-electron chi connectivity index (χ4n) is 2.27. The second-order valence-corrected chi connectivity index (χ2v) is 4.29. The number of hydrogen-bond donors (Lipinski definition) is 1. The number of morpholine rings is 1. The lowest BCUT2D eigenvalue weighted by Gasteiger charge is -2.36. The number of nitrogens with zero attached hydrogens (tertiary/aromatic N) is 1. The summed E-state index contributed by atoms with van der Waals surface area (Å²) < 4.78 is 5.95. The summed E-state index contributed by atoms with van der Waals surface area (Å²) in [7, 11) is 0. The first-order valence-corrected chi connectivity index (χ1v) is 5.34. The molecule has 2 aliphatic rings. The molecule has 0 bridgehead atoms. The molecule has 76 valence electrons. The largest absolute Gasteiger partial charge is 0.371 e. The Balaban J connectivity index is 1.97. The number of nitrogens with one attached hydrogen (secondary N) is 1. The third kappa shape index (κ3) is 1.73. The van der Waals surface area contributed by atoms with E-state index < -0.39 is 0 Å². The van der Waals surface area contributed by atoms with Gasteiger partial charge in [-0.1, -0.05) is 6.92 Å². The molecule has 4 unspecified atom stereocenters. The summed E-state index contributed by atoms with van der Waals surface area (Å²) >= 11 is 0. The Morgan fingerprint density at radius 1 is 1.38 bits per heavy atom. The molecule has 0 aromatic heterocycles. The number of likely N-dealkylation sites (tertiary alicyclic amines) is 1.